The highest BCUT2D eigenvalue weighted by Gasteiger charge is 2.10. The van der Waals surface area contributed by atoms with Crippen LogP contribution in [0.15, 0.2) is 33.7 Å². The van der Waals surface area contributed by atoms with Crippen molar-refractivity contribution in [2.24, 2.45) is 10.7 Å². The molecule has 5 nitrogen and oxygen atoms in total. The van der Waals surface area contributed by atoms with Gasteiger partial charge in [0.1, 0.15) is 11.3 Å². The third kappa shape index (κ3) is 3.30. The first-order chi connectivity index (χ1) is 9.61. The van der Waals surface area contributed by atoms with E-state index in [2.05, 4.69) is 10.3 Å². The van der Waals surface area contributed by atoms with Crippen molar-refractivity contribution in [1.82, 2.24) is 5.32 Å². The number of nitrogens with two attached hydrogens (primary N) is 1. The van der Waals surface area contributed by atoms with Gasteiger partial charge in [-0.1, -0.05) is 18.2 Å². The zero-order chi connectivity index (χ0) is 14.5. The number of benzene rings is 1. The minimum absolute atomic E-state index is 0.131. The third-order valence-corrected chi connectivity index (χ3v) is 3.12. The fourth-order valence-electron chi connectivity index (χ4n) is 2.17. The van der Waals surface area contributed by atoms with Crippen LogP contribution in [0.25, 0.3) is 11.0 Å². The fourth-order valence-corrected chi connectivity index (χ4v) is 2.17. The third-order valence-electron chi connectivity index (χ3n) is 3.12. The van der Waals surface area contributed by atoms with Crippen LogP contribution < -0.4 is 11.1 Å². The Hall–Kier alpha value is -2.01. The number of methoxy groups -OCH3 is 1. The van der Waals surface area contributed by atoms with Crippen molar-refractivity contribution in [1.29, 1.82) is 0 Å². The molecule has 0 amide bonds. The molecule has 0 saturated heterocycles. The Bertz CT molecular complexity index is 604. The molecule has 0 radical (unpaired) electrons. The Labute approximate surface area is 118 Å². The van der Waals surface area contributed by atoms with Gasteiger partial charge in [-0.2, -0.15) is 0 Å². The highest BCUT2D eigenvalue weighted by atomic mass is 16.5. The lowest BCUT2D eigenvalue weighted by Gasteiger charge is -2.12. The number of nitrogens with one attached hydrogen (secondary N) is 1. The Morgan fingerprint density at radius 3 is 2.95 bits per heavy atom. The Morgan fingerprint density at radius 1 is 1.45 bits per heavy atom. The minimum atomic E-state index is 0.131. The molecule has 1 unspecified atom stereocenters. The van der Waals surface area contributed by atoms with Gasteiger partial charge in [0.2, 0.25) is 0 Å². The van der Waals surface area contributed by atoms with Gasteiger partial charge in [-0.3, -0.25) is 0 Å². The van der Waals surface area contributed by atoms with Gasteiger partial charge < -0.3 is 20.2 Å². The van der Waals surface area contributed by atoms with Crippen molar-refractivity contribution in [3.05, 3.63) is 35.6 Å². The molecule has 3 N–H and O–H groups in total. The fraction of sp³-hybridized carbons (Fsp3) is 0.400. The SMILES string of the molecule is COCC(C)NC(N)=NCc1c(C)oc2ccccc12. The smallest absolute Gasteiger partial charge is 0.189 e. The Kier molecular flexibility index (Phi) is 4.63. The standard InChI is InChI=1S/C15H21N3O2/c1-10(9-19-3)18-15(16)17-8-13-11(2)20-14-7-5-4-6-12(13)14/h4-7,10H,8-9H2,1-3H3,(H3,16,17,18). The van der Waals surface area contributed by atoms with Gasteiger partial charge in [-0.15, -0.1) is 0 Å². The zero-order valence-electron chi connectivity index (χ0n) is 12.1. The molecular weight excluding hydrogens is 254 g/mol. The quantitative estimate of drug-likeness (QED) is 0.648. The lowest BCUT2D eigenvalue weighted by molar-refractivity contribution is 0.179. The summed E-state index contributed by atoms with van der Waals surface area (Å²) in [5.41, 5.74) is 7.83. The summed E-state index contributed by atoms with van der Waals surface area (Å²) in [6.45, 7) is 5.03. The molecule has 0 aliphatic rings. The molecule has 5 heteroatoms. The topological polar surface area (TPSA) is 72.8 Å². The van der Waals surface area contributed by atoms with Crippen molar-refractivity contribution in [2.75, 3.05) is 13.7 Å². The van der Waals surface area contributed by atoms with E-state index in [9.17, 15) is 0 Å². The monoisotopic (exact) mass is 275 g/mol. The molecule has 108 valence electrons. The van der Waals surface area contributed by atoms with E-state index >= 15 is 0 Å². The molecule has 0 fully saturated rings. The number of nitrogens with zero attached hydrogens (tertiary/aromatic N) is 1. The van der Waals surface area contributed by atoms with Crippen LogP contribution >= 0.6 is 0 Å². The van der Waals surface area contributed by atoms with Gasteiger partial charge in [0, 0.05) is 24.1 Å². The predicted molar refractivity (Wildman–Crippen MR) is 80.8 cm³/mol. The second-order valence-corrected chi connectivity index (χ2v) is 4.84. The van der Waals surface area contributed by atoms with Crippen LogP contribution in [-0.4, -0.2) is 25.7 Å². The first kappa shape index (κ1) is 14.4. The zero-order valence-corrected chi connectivity index (χ0v) is 12.1. The van der Waals surface area contributed by atoms with E-state index in [4.69, 9.17) is 14.9 Å². The molecule has 1 aromatic heterocycles. The van der Waals surface area contributed by atoms with Crippen LogP contribution in [0.5, 0.6) is 0 Å². The van der Waals surface area contributed by atoms with Crippen LogP contribution in [0, 0.1) is 6.92 Å². The first-order valence-corrected chi connectivity index (χ1v) is 6.64. The molecule has 0 bridgehead atoms. The van der Waals surface area contributed by atoms with Gasteiger partial charge in [0.05, 0.1) is 13.2 Å². The van der Waals surface area contributed by atoms with Crippen molar-refractivity contribution < 1.29 is 9.15 Å². The molecular formula is C15H21N3O2. The molecule has 1 heterocycles. The normalized spacial score (nSPS) is 13.7. The maximum Gasteiger partial charge on any atom is 0.189 e. The highest BCUT2D eigenvalue weighted by Crippen LogP contribution is 2.25. The lowest BCUT2D eigenvalue weighted by Crippen LogP contribution is -2.40. The number of hydrogen-bond acceptors (Lipinski definition) is 3. The average Bonchev–Trinajstić information content (AvgIpc) is 2.72. The summed E-state index contributed by atoms with van der Waals surface area (Å²) in [6.07, 6.45) is 0. The summed E-state index contributed by atoms with van der Waals surface area (Å²) >= 11 is 0. The van der Waals surface area contributed by atoms with E-state index in [0.29, 0.717) is 19.1 Å². The second-order valence-electron chi connectivity index (χ2n) is 4.84. The highest BCUT2D eigenvalue weighted by molar-refractivity contribution is 5.83. The molecule has 1 atom stereocenters. The van der Waals surface area contributed by atoms with Crippen LogP contribution in [0.4, 0.5) is 0 Å². The number of aryl methyl sites for hydroxylation is 1. The number of rotatable bonds is 5. The van der Waals surface area contributed by atoms with Gasteiger partial charge >= 0.3 is 0 Å². The minimum Gasteiger partial charge on any atom is -0.461 e. The number of ether oxygens (including phenoxy) is 1. The number of guanidine groups is 1. The molecule has 2 aromatic rings. The molecule has 0 saturated carbocycles. The Morgan fingerprint density at radius 2 is 2.20 bits per heavy atom. The van der Waals surface area contributed by atoms with E-state index in [1.165, 1.54) is 0 Å². The van der Waals surface area contributed by atoms with Crippen LogP contribution in [0.1, 0.15) is 18.2 Å². The van der Waals surface area contributed by atoms with E-state index in [1.807, 2.05) is 38.1 Å². The van der Waals surface area contributed by atoms with Crippen LogP contribution in [0.3, 0.4) is 0 Å². The number of furan rings is 1. The number of hydrogen-bond donors (Lipinski definition) is 2. The molecule has 0 aliphatic heterocycles. The molecule has 1 aromatic carbocycles. The van der Waals surface area contributed by atoms with E-state index in [1.54, 1.807) is 7.11 Å². The van der Waals surface area contributed by atoms with Crippen molar-refractivity contribution in [3.8, 4) is 0 Å². The summed E-state index contributed by atoms with van der Waals surface area (Å²) in [5.74, 6) is 1.30. The number of aliphatic imine (C=N–C) groups is 1. The van der Waals surface area contributed by atoms with E-state index in [0.717, 1.165) is 22.3 Å². The molecule has 0 aliphatic carbocycles. The van der Waals surface area contributed by atoms with Gasteiger partial charge in [-0.25, -0.2) is 4.99 Å². The van der Waals surface area contributed by atoms with Gasteiger partial charge in [0.15, 0.2) is 5.96 Å². The van der Waals surface area contributed by atoms with Crippen LogP contribution in [0.2, 0.25) is 0 Å². The summed E-state index contributed by atoms with van der Waals surface area (Å²) < 4.78 is 10.7. The Balaban J connectivity index is 2.10. The van der Waals surface area contributed by atoms with Gasteiger partial charge in [0.25, 0.3) is 0 Å². The number of para-hydroxylation sites is 1. The maximum atomic E-state index is 5.87. The van der Waals surface area contributed by atoms with Crippen molar-refractivity contribution >= 4 is 16.9 Å². The summed E-state index contributed by atoms with van der Waals surface area (Å²) in [6, 6.07) is 8.07. The second kappa shape index (κ2) is 6.43. The summed E-state index contributed by atoms with van der Waals surface area (Å²) in [7, 11) is 1.66. The predicted octanol–water partition coefficient (Wildman–Crippen LogP) is 2.18. The number of fused-ring (bicyclic) bond motifs is 1. The van der Waals surface area contributed by atoms with E-state index < -0.39 is 0 Å². The summed E-state index contributed by atoms with van der Waals surface area (Å²) in [5, 5.41) is 4.17. The maximum absolute atomic E-state index is 5.87. The first-order valence-electron chi connectivity index (χ1n) is 6.64. The van der Waals surface area contributed by atoms with Crippen LogP contribution in [-0.2, 0) is 11.3 Å². The molecule has 2 rings (SSSR count). The van der Waals surface area contributed by atoms with E-state index in [-0.39, 0.29) is 6.04 Å². The lowest BCUT2D eigenvalue weighted by atomic mass is 10.1. The average molecular weight is 275 g/mol. The molecule has 20 heavy (non-hydrogen) atoms. The summed E-state index contributed by atoms with van der Waals surface area (Å²) in [4.78, 5) is 4.37. The van der Waals surface area contributed by atoms with Gasteiger partial charge in [-0.05, 0) is 19.9 Å². The van der Waals surface area contributed by atoms with Crippen molar-refractivity contribution in [3.63, 3.8) is 0 Å². The van der Waals surface area contributed by atoms with Crippen molar-refractivity contribution in [2.45, 2.75) is 26.4 Å². The largest absolute Gasteiger partial charge is 0.461 e. The molecule has 0 spiro atoms.